The number of hydrogen-bond donors (Lipinski definition) is 0. The summed E-state index contributed by atoms with van der Waals surface area (Å²) < 4.78 is 68.2. The standard InChI is InChI=1S/C44H57FO11Si/c1-30(52-28-31-19-21-34(49-5)22-20-31)18-23-36(45)40(54-42(46)32-14-11-10-12-15-32)41-37(55-44(2,3)56-41)17-13-16-33-26-35(50-6)27-38(53-29-48-4)39(33)43(47)51-24-25-57(7,8)9/h10-16,19-23,26-27,30,37,40-41H,17-18,24-25,28-29H2,1-9H3/b16-13+,36-23+/t30-,37-,40?,41-/m0/s1. The lowest BCUT2D eigenvalue weighted by Gasteiger charge is -2.25. The first-order chi connectivity index (χ1) is 27.1. The van der Waals surface area contributed by atoms with Gasteiger partial charge in [0, 0.05) is 21.3 Å². The SMILES string of the molecule is COCOc1cc(OC)cc(/C=C/C[C@@H]2OC(C)(C)O[C@@H]2C(OC(=O)c2ccccc2)/C(F)=C\C[C@H](C)OCc2ccc(OC)cc2)c1C(=O)OCC[Si](C)(C)C. The van der Waals surface area contributed by atoms with Crippen LogP contribution >= 0.6 is 0 Å². The molecular weight excluding hydrogens is 752 g/mol. The molecule has 11 nitrogen and oxygen atoms in total. The third-order valence-electron chi connectivity index (χ3n) is 9.00. The summed E-state index contributed by atoms with van der Waals surface area (Å²) in [6, 6.07) is 20.0. The fraction of sp³-hybridized carbons (Fsp3) is 0.455. The van der Waals surface area contributed by atoms with Gasteiger partial charge in [-0.2, -0.15) is 0 Å². The van der Waals surface area contributed by atoms with Crippen molar-refractivity contribution >= 4 is 26.1 Å². The number of halogens is 1. The number of methoxy groups -OCH3 is 3. The lowest BCUT2D eigenvalue weighted by atomic mass is 10.0. The molecule has 3 aromatic carbocycles. The van der Waals surface area contributed by atoms with E-state index in [4.69, 9.17) is 42.6 Å². The average Bonchev–Trinajstić information content (AvgIpc) is 3.50. The van der Waals surface area contributed by atoms with Crippen LogP contribution in [-0.4, -0.2) is 84.9 Å². The monoisotopic (exact) mass is 808 g/mol. The van der Waals surface area contributed by atoms with Crippen LogP contribution in [0.25, 0.3) is 6.08 Å². The van der Waals surface area contributed by atoms with Gasteiger partial charge in [-0.25, -0.2) is 14.0 Å². The minimum absolute atomic E-state index is 0.106. The summed E-state index contributed by atoms with van der Waals surface area (Å²) in [6.07, 6.45) is 1.63. The van der Waals surface area contributed by atoms with Gasteiger partial charge in [-0.05, 0) is 87.2 Å². The van der Waals surface area contributed by atoms with Crippen molar-refractivity contribution < 1.29 is 56.6 Å². The van der Waals surface area contributed by atoms with E-state index in [2.05, 4.69) is 19.6 Å². The van der Waals surface area contributed by atoms with E-state index in [1.165, 1.54) is 20.3 Å². The highest BCUT2D eigenvalue weighted by atomic mass is 28.3. The van der Waals surface area contributed by atoms with Crippen LogP contribution < -0.4 is 14.2 Å². The van der Waals surface area contributed by atoms with Gasteiger partial charge in [0.05, 0.1) is 45.2 Å². The normalized spacial score (nSPS) is 17.9. The third kappa shape index (κ3) is 14.1. The van der Waals surface area contributed by atoms with Crippen molar-refractivity contribution in [1.29, 1.82) is 0 Å². The van der Waals surface area contributed by atoms with Gasteiger partial charge >= 0.3 is 11.9 Å². The summed E-state index contributed by atoms with van der Waals surface area (Å²) in [6.45, 7) is 12.4. The van der Waals surface area contributed by atoms with E-state index in [1.807, 2.05) is 31.2 Å². The molecule has 1 heterocycles. The maximum absolute atomic E-state index is 16.4. The van der Waals surface area contributed by atoms with E-state index in [9.17, 15) is 9.59 Å². The van der Waals surface area contributed by atoms with E-state index >= 15 is 4.39 Å². The fourth-order valence-corrected chi connectivity index (χ4v) is 6.64. The first kappa shape index (κ1) is 45.2. The summed E-state index contributed by atoms with van der Waals surface area (Å²) in [4.78, 5) is 27.0. The maximum atomic E-state index is 16.4. The second-order valence-electron chi connectivity index (χ2n) is 15.4. The van der Waals surface area contributed by atoms with E-state index in [0.717, 1.165) is 17.4 Å². The van der Waals surface area contributed by atoms with Crippen molar-refractivity contribution in [3.8, 4) is 17.2 Å². The smallest absolute Gasteiger partial charge is 0.342 e. The van der Waals surface area contributed by atoms with E-state index in [-0.39, 0.29) is 49.2 Å². The number of rotatable bonds is 21. The van der Waals surface area contributed by atoms with Gasteiger partial charge in [0.25, 0.3) is 0 Å². The van der Waals surface area contributed by atoms with Crippen molar-refractivity contribution in [3.63, 3.8) is 0 Å². The highest BCUT2D eigenvalue weighted by molar-refractivity contribution is 6.76. The van der Waals surface area contributed by atoms with Crippen LogP contribution in [0.5, 0.6) is 17.2 Å². The summed E-state index contributed by atoms with van der Waals surface area (Å²) in [7, 11) is 3.12. The Morgan fingerprint density at radius 2 is 1.63 bits per heavy atom. The first-order valence-corrected chi connectivity index (χ1v) is 22.7. The number of ether oxygens (including phenoxy) is 9. The second-order valence-corrected chi connectivity index (χ2v) is 21.0. The molecule has 0 spiro atoms. The molecule has 4 atom stereocenters. The Hall–Kier alpha value is -4.53. The van der Waals surface area contributed by atoms with Crippen LogP contribution in [0.2, 0.25) is 25.7 Å². The lowest BCUT2D eigenvalue weighted by molar-refractivity contribution is -0.154. The molecule has 3 aromatic rings. The van der Waals surface area contributed by atoms with Gasteiger partial charge in [-0.3, -0.25) is 0 Å². The van der Waals surface area contributed by atoms with Crippen molar-refractivity contribution in [3.05, 3.63) is 107 Å². The van der Waals surface area contributed by atoms with Gasteiger partial charge < -0.3 is 42.6 Å². The van der Waals surface area contributed by atoms with Gasteiger partial charge in [0.2, 0.25) is 0 Å². The molecule has 0 saturated carbocycles. The van der Waals surface area contributed by atoms with Gasteiger partial charge in [0.1, 0.15) is 34.7 Å². The van der Waals surface area contributed by atoms with Gasteiger partial charge in [-0.1, -0.05) is 62.1 Å². The van der Waals surface area contributed by atoms with Crippen LogP contribution in [0.4, 0.5) is 4.39 Å². The minimum atomic E-state index is -1.48. The molecule has 0 amide bonds. The Kier molecular flexibility index (Phi) is 16.9. The van der Waals surface area contributed by atoms with Crippen LogP contribution in [0, 0.1) is 0 Å². The zero-order valence-electron chi connectivity index (χ0n) is 34.5. The molecule has 0 radical (unpaired) electrons. The number of esters is 2. The van der Waals surface area contributed by atoms with E-state index < -0.39 is 49.9 Å². The zero-order valence-corrected chi connectivity index (χ0v) is 35.5. The quantitative estimate of drug-likeness (QED) is 0.0583. The second kappa shape index (κ2) is 21.3. The fourth-order valence-electron chi connectivity index (χ4n) is 5.93. The highest BCUT2D eigenvalue weighted by Gasteiger charge is 2.47. The molecule has 0 aliphatic carbocycles. The number of carbonyl (C=O) groups excluding carboxylic acids is 2. The van der Waals surface area contributed by atoms with Gasteiger partial charge in [0.15, 0.2) is 18.7 Å². The number of hydrogen-bond acceptors (Lipinski definition) is 11. The summed E-state index contributed by atoms with van der Waals surface area (Å²) in [5.74, 6) is -1.69. The Morgan fingerprint density at radius 1 is 0.930 bits per heavy atom. The molecule has 1 aliphatic heterocycles. The highest BCUT2D eigenvalue weighted by Crippen LogP contribution is 2.37. The summed E-state index contributed by atoms with van der Waals surface area (Å²) in [5, 5.41) is 0. The van der Waals surface area contributed by atoms with Crippen molar-refractivity contribution in [2.45, 2.75) is 96.1 Å². The molecule has 4 rings (SSSR count). The molecular formula is C44H57FO11Si. The van der Waals surface area contributed by atoms with Crippen LogP contribution in [0.15, 0.2) is 84.7 Å². The predicted octanol–water partition coefficient (Wildman–Crippen LogP) is 9.18. The molecule has 0 aromatic heterocycles. The summed E-state index contributed by atoms with van der Waals surface area (Å²) in [5.41, 5.74) is 1.87. The Morgan fingerprint density at radius 3 is 2.28 bits per heavy atom. The third-order valence-corrected chi connectivity index (χ3v) is 10.7. The molecule has 1 unspecified atom stereocenters. The molecule has 1 fully saturated rings. The molecule has 0 bridgehead atoms. The van der Waals surface area contributed by atoms with Crippen LogP contribution in [-0.2, 0) is 35.0 Å². The average molecular weight is 809 g/mol. The largest absolute Gasteiger partial charge is 0.497 e. The number of benzene rings is 3. The number of carbonyl (C=O) groups is 2. The Balaban J connectivity index is 1.60. The van der Waals surface area contributed by atoms with E-state index in [0.29, 0.717) is 17.9 Å². The molecule has 57 heavy (non-hydrogen) atoms. The first-order valence-electron chi connectivity index (χ1n) is 19.0. The van der Waals surface area contributed by atoms with Gasteiger partial charge in [-0.15, -0.1) is 0 Å². The van der Waals surface area contributed by atoms with Crippen molar-refractivity contribution in [2.75, 3.05) is 34.7 Å². The predicted molar refractivity (Wildman–Crippen MR) is 218 cm³/mol. The molecule has 310 valence electrons. The van der Waals surface area contributed by atoms with E-state index in [1.54, 1.807) is 75.6 Å². The van der Waals surface area contributed by atoms with Crippen LogP contribution in [0.3, 0.4) is 0 Å². The van der Waals surface area contributed by atoms with Crippen molar-refractivity contribution in [1.82, 2.24) is 0 Å². The molecule has 13 heteroatoms. The molecule has 1 aliphatic rings. The lowest BCUT2D eigenvalue weighted by Crippen LogP contribution is -2.39. The zero-order chi connectivity index (χ0) is 41.6. The maximum Gasteiger partial charge on any atom is 0.342 e. The Bertz CT molecular complexity index is 1810. The minimum Gasteiger partial charge on any atom is -0.497 e. The Labute approximate surface area is 337 Å². The molecule has 1 saturated heterocycles. The molecule has 0 N–H and O–H groups in total. The summed E-state index contributed by atoms with van der Waals surface area (Å²) >= 11 is 0. The van der Waals surface area contributed by atoms with Crippen LogP contribution in [0.1, 0.15) is 65.5 Å². The van der Waals surface area contributed by atoms with Crippen molar-refractivity contribution in [2.24, 2.45) is 0 Å². The topological polar surface area (TPSA) is 117 Å².